The van der Waals surface area contributed by atoms with Crippen molar-refractivity contribution < 1.29 is 24.3 Å². The first-order valence-electron chi connectivity index (χ1n) is 14.2. The van der Waals surface area contributed by atoms with Gasteiger partial charge in [0, 0.05) is 48.2 Å². The number of likely N-dealkylation sites (tertiary alicyclic amines) is 1. The molecule has 8 atom stereocenters. The topological polar surface area (TPSA) is 163 Å². The van der Waals surface area contributed by atoms with E-state index >= 15 is 0 Å². The number of aromatic nitrogens is 4. The van der Waals surface area contributed by atoms with Crippen LogP contribution in [0.5, 0.6) is 0 Å². The number of amides is 2. The predicted octanol–water partition coefficient (Wildman–Crippen LogP) is -0.285. The zero-order valence-electron chi connectivity index (χ0n) is 22.7. The van der Waals surface area contributed by atoms with Crippen LogP contribution in [0.3, 0.4) is 0 Å². The van der Waals surface area contributed by atoms with Crippen LogP contribution in [-0.2, 0) is 25.7 Å². The van der Waals surface area contributed by atoms with Gasteiger partial charge in [-0.15, -0.1) is 16.9 Å². The van der Waals surface area contributed by atoms with Crippen LogP contribution in [0.1, 0.15) is 39.5 Å². The Labute approximate surface area is 236 Å². The van der Waals surface area contributed by atoms with E-state index in [0.717, 1.165) is 32.5 Å². The molecule has 1 aromatic rings. The van der Waals surface area contributed by atoms with Crippen molar-refractivity contribution in [3.63, 3.8) is 0 Å². The summed E-state index contributed by atoms with van der Waals surface area (Å²) in [5, 5.41) is 27.8. The minimum absolute atomic E-state index is 0.0338. The Bertz CT molecular complexity index is 1220. The van der Waals surface area contributed by atoms with Crippen molar-refractivity contribution in [1.29, 1.82) is 0 Å². The number of tetrazole rings is 1. The number of piperidine rings is 1. The van der Waals surface area contributed by atoms with E-state index in [1.54, 1.807) is 0 Å². The maximum Gasteiger partial charge on any atom is 0.353 e. The van der Waals surface area contributed by atoms with Gasteiger partial charge >= 0.3 is 5.97 Å². The van der Waals surface area contributed by atoms with E-state index in [4.69, 9.17) is 0 Å². The molecule has 0 bridgehead atoms. The fraction of sp³-hybridized carbons (Fsp3) is 0.731. The van der Waals surface area contributed by atoms with Gasteiger partial charge in [0.2, 0.25) is 11.8 Å². The molecule has 4 saturated heterocycles. The number of β-lactam (4-membered cyclic amide) rings is 1. The number of rotatable bonds is 9. The van der Waals surface area contributed by atoms with Crippen molar-refractivity contribution in [3.05, 3.63) is 16.9 Å². The molecular formula is C26H36N8O5S. The Kier molecular flexibility index (Phi) is 7.42. The van der Waals surface area contributed by atoms with Gasteiger partial charge < -0.3 is 25.5 Å². The lowest BCUT2D eigenvalue weighted by Gasteiger charge is -2.47. The number of carbonyl (C=O) groups excluding carboxylic acids is 3. The summed E-state index contributed by atoms with van der Waals surface area (Å²) in [6, 6.07) is -0.0328. The maximum atomic E-state index is 13.3. The van der Waals surface area contributed by atoms with E-state index in [1.165, 1.54) is 27.7 Å². The number of ketones is 1. The first-order valence-corrected chi connectivity index (χ1v) is 15.1. The number of aliphatic carboxylic acids is 1. The quantitative estimate of drug-likeness (QED) is 0.334. The number of fused-ring (bicyclic) bond motifs is 2. The molecule has 6 heterocycles. The van der Waals surface area contributed by atoms with Crippen LogP contribution in [0.4, 0.5) is 0 Å². The third-order valence-electron chi connectivity index (χ3n) is 9.33. The van der Waals surface area contributed by atoms with Crippen LogP contribution in [0.15, 0.2) is 16.9 Å². The maximum absolute atomic E-state index is 13.3. The first-order chi connectivity index (χ1) is 19.2. The van der Waals surface area contributed by atoms with Crippen molar-refractivity contribution in [2.45, 2.75) is 69.5 Å². The average Bonchev–Trinajstić information content (AvgIpc) is 3.71. The van der Waals surface area contributed by atoms with Crippen LogP contribution in [0.25, 0.3) is 0 Å². The molecule has 13 nitrogen and oxygen atoms in total. The molecule has 6 rings (SSSR count). The summed E-state index contributed by atoms with van der Waals surface area (Å²) in [5.41, 5.74) is 0.0570. The summed E-state index contributed by atoms with van der Waals surface area (Å²) in [6.07, 6.45) is 4.28. The number of Topliss-reactive ketones (excluding diaryl/α,β-unsaturated/α-hetero) is 1. The first kappa shape index (κ1) is 27.3. The van der Waals surface area contributed by atoms with E-state index < -0.39 is 11.9 Å². The summed E-state index contributed by atoms with van der Waals surface area (Å²) < 4.78 is 1.35. The third kappa shape index (κ3) is 4.83. The van der Waals surface area contributed by atoms with E-state index in [9.17, 15) is 24.3 Å². The minimum Gasteiger partial charge on any atom is -0.477 e. The number of carboxylic acids is 1. The van der Waals surface area contributed by atoms with Gasteiger partial charge in [-0.25, -0.2) is 9.48 Å². The number of nitrogens with one attached hydrogen (secondary N) is 2. The highest BCUT2D eigenvalue weighted by Crippen LogP contribution is 2.53. The highest BCUT2D eigenvalue weighted by Gasteiger charge is 2.60. The SMILES string of the molecule is C[C@@H](CC(=O)Cn1cnnn1)[C@H]1C(=O)N2C(C(=O)O)=C(S[C@@H]3CN[C@H](C(=O)N4CCC5NCCC5C4)C3)[C@H](C)[C@H]12. The molecule has 2 unspecified atom stereocenters. The van der Waals surface area contributed by atoms with E-state index in [2.05, 4.69) is 26.2 Å². The van der Waals surface area contributed by atoms with Crippen molar-refractivity contribution >= 4 is 35.3 Å². The normalized spacial score (nSPS) is 34.0. The van der Waals surface area contributed by atoms with Crippen LogP contribution < -0.4 is 10.6 Å². The number of hydrogen-bond acceptors (Lipinski definition) is 10. The average molecular weight is 573 g/mol. The third-order valence-corrected chi connectivity index (χ3v) is 10.8. The van der Waals surface area contributed by atoms with Gasteiger partial charge in [0.1, 0.15) is 18.6 Å². The van der Waals surface area contributed by atoms with Crippen LogP contribution in [0, 0.1) is 23.7 Å². The summed E-state index contributed by atoms with van der Waals surface area (Å²) in [5.74, 6) is -1.61. The lowest BCUT2D eigenvalue weighted by atomic mass is 9.73. The molecule has 5 aliphatic heterocycles. The van der Waals surface area contributed by atoms with Gasteiger partial charge in [0.05, 0.1) is 18.0 Å². The van der Waals surface area contributed by atoms with Crippen LogP contribution in [-0.4, -0.2) is 108 Å². The Morgan fingerprint density at radius 3 is 2.83 bits per heavy atom. The smallest absolute Gasteiger partial charge is 0.353 e. The molecule has 3 N–H and O–H groups in total. The van der Waals surface area contributed by atoms with Gasteiger partial charge in [0.25, 0.3) is 0 Å². The molecule has 0 aromatic carbocycles. The van der Waals surface area contributed by atoms with Crippen LogP contribution >= 0.6 is 11.8 Å². The molecule has 5 aliphatic rings. The number of carboxylic acid groups (broad SMARTS) is 1. The summed E-state index contributed by atoms with van der Waals surface area (Å²) in [6.45, 7) is 7.07. The van der Waals surface area contributed by atoms with E-state index in [1.807, 2.05) is 18.7 Å². The van der Waals surface area contributed by atoms with Gasteiger partial charge in [0.15, 0.2) is 5.78 Å². The molecule has 14 heteroatoms. The fourth-order valence-electron chi connectivity index (χ4n) is 7.38. The van der Waals surface area contributed by atoms with Gasteiger partial charge in [-0.05, 0) is 48.1 Å². The Balaban J connectivity index is 1.08. The summed E-state index contributed by atoms with van der Waals surface area (Å²) >= 11 is 1.49. The number of thioether (sulfide) groups is 1. The highest BCUT2D eigenvalue weighted by atomic mass is 32.2. The highest BCUT2D eigenvalue weighted by molar-refractivity contribution is 8.03. The minimum atomic E-state index is -1.11. The largest absolute Gasteiger partial charge is 0.477 e. The Morgan fingerprint density at radius 1 is 1.25 bits per heavy atom. The second-order valence-electron chi connectivity index (χ2n) is 11.9. The summed E-state index contributed by atoms with van der Waals surface area (Å²) in [7, 11) is 0. The molecule has 216 valence electrons. The molecule has 40 heavy (non-hydrogen) atoms. The second kappa shape index (κ2) is 10.9. The molecule has 0 spiro atoms. The Morgan fingerprint density at radius 2 is 2.08 bits per heavy atom. The van der Waals surface area contributed by atoms with Crippen molar-refractivity contribution in [2.75, 3.05) is 26.2 Å². The zero-order valence-corrected chi connectivity index (χ0v) is 23.5. The molecule has 4 fully saturated rings. The van der Waals surface area contributed by atoms with Crippen molar-refractivity contribution in [3.8, 4) is 0 Å². The molecule has 1 aromatic heterocycles. The zero-order chi connectivity index (χ0) is 28.1. The Hall–Kier alpha value is -2.84. The number of hydrogen-bond donors (Lipinski definition) is 3. The standard InChI is InChI=1S/C26H36N8O5S/c1-13(7-16(35)11-33-12-29-30-31-33)20-21-14(2)23(22(26(38)39)34(21)25(20)37)40-17-8-19(28-9-17)24(36)32-6-4-18-15(10-32)3-5-27-18/h12-15,17-21,27-28H,3-11H2,1-2H3,(H,38,39)/t13-,14+,15?,17-,18?,19-,20+,21+/m0/s1. The van der Waals surface area contributed by atoms with Crippen molar-refractivity contribution in [2.24, 2.45) is 23.7 Å². The molecule has 0 aliphatic carbocycles. The lowest BCUT2D eigenvalue weighted by molar-refractivity contribution is -0.160. The van der Waals surface area contributed by atoms with Gasteiger partial charge in [-0.2, -0.15) is 0 Å². The second-order valence-corrected chi connectivity index (χ2v) is 13.2. The van der Waals surface area contributed by atoms with Crippen molar-refractivity contribution in [1.82, 2.24) is 40.6 Å². The molecule has 0 radical (unpaired) electrons. The van der Waals surface area contributed by atoms with E-state index in [-0.39, 0.29) is 65.4 Å². The molecule has 0 saturated carbocycles. The number of nitrogens with zero attached hydrogens (tertiary/aromatic N) is 6. The lowest BCUT2D eigenvalue weighted by Crippen LogP contribution is -2.62. The molecule has 2 amide bonds. The monoisotopic (exact) mass is 572 g/mol. The van der Waals surface area contributed by atoms with Gasteiger partial charge in [-0.1, -0.05) is 13.8 Å². The van der Waals surface area contributed by atoms with Gasteiger partial charge in [-0.3, -0.25) is 14.4 Å². The fourth-order valence-corrected chi connectivity index (χ4v) is 8.86. The van der Waals surface area contributed by atoms with E-state index in [0.29, 0.717) is 29.8 Å². The van der Waals surface area contributed by atoms with Crippen LogP contribution in [0.2, 0.25) is 0 Å². The number of carbonyl (C=O) groups is 4. The summed E-state index contributed by atoms with van der Waals surface area (Å²) in [4.78, 5) is 55.6. The molecular weight excluding hydrogens is 536 g/mol. The predicted molar refractivity (Wildman–Crippen MR) is 143 cm³/mol.